The monoisotopic (exact) mass is 508 g/mol. The molecule has 0 radical (unpaired) electrons. The molecule has 0 saturated heterocycles. The van der Waals surface area contributed by atoms with E-state index >= 15 is 4.39 Å². The Bertz CT molecular complexity index is 976. The first-order valence-electron chi connectivity index (χ1n) is 13.0. The molecule has 194 valence electrons. The normalized spacial score (nSPS) is 44.2. The number of hydrogen-bond donors (Lipinski definition) is 1. The Morgan fingerprint density at radius 3 is 2.63 bits per heavy atom. The SMILES string of the molecule is CCCCCC(=O)O[C@]1(C(=O)CCl)[C@@H](C)C[C@H]2[C@@H]3CCC4=CC(=O)C=C[C@]4(C)[C@@]3(F)[C@@H](O)C[C@@]21C. The predicted octanol–water partition coefficient (Wildman–Crippen LogP) is 5.27. The summed E-state index contributed by atoms with van der Waals surface area (Å²) in [5.74, 6) is -2.48. The van der Waals surface area contributed by atoms with Gasteiger partial charge in [-0.05, 0) is 57.1 Å². The van der Waals surface area contributed by atoms with Crippen molar-refractivity contribution in [1.29, 1.82) is 0 Å². The van der Waals surface area contributed by atoms with Crippen molar-refractivity contribution >= 4 is 29.1 Å². The molecule has 8 atom stereocenters. The zero-order valence-corrected chi connectivity index (χ0v) is 22.0. The summed E-state index contributed by atoms with van der Waals surface area (Å²) < 4.78 is 23.4. The topological polar surface area (TPSA) is 80.7 Å². The summed E-state index contributed by atoms with van der Waals surface area (Å²) in [6.07, 6.45) is 7.33. The number of unbranched alkanes of at least 4 members (excludes halogenated alkanes) is 2. The van der Waals surface area contributed by atoms with Gasteiger partial charge in [-0.25, -0.2) is 4.39 Å². The first kappa shape index (κ1) is 26.5. The molecule has 3 fully saturated rings. The van der Waals surface area contributed by atoms with Gasteiger partial charge in [0.15, 0.2) is 22.8 Å². The third-order valence-corrected chi connectivity index (χ3v) is 10.2. The number of allylic oxidation sites excluding steroid dienone is 4. The van der Waals surface area contributed by atoms with Crippen LogP contribution in [-0.4, -0.2) is 45.9 Å². The van der Waals surface area contributed by atoms with E-state index in [9.17, 15) is 19.5 Å². The zero-order chi connectivity index (χ0) is 25.8. The van der Waals surface area contributed by atoms with Crippen molar-refractivity contribution in [2.45, 2.75) is 96.4 Å². The van der Waals surface area contributed by atoms with Crippen molar-refractivity contribution in [3.8, 4) is 0 Å². The fourth-order valence-corrected chi connectivity index (χ4v) is 8.45. The van der Waals surface area contributed by atoms with Gasteiger partial charge in [0.05, 0.1) is 12.0 Å². The maximum absolute atomic E-state index is 17.3. The van der Waals surface area contributed by atoms with Gasteiger partial charge in [0.25, 0.3) is 0 Å². The molecular weight excluding hydrogens is 471 g/mol. The molecule has 0 aromatic carbocycles. The fraction of sp³-hybridized carbons (Fsp3) is 0.750. The molecule has 4 rings (SSSR count). The highest BCUT2D eigenvalue weighted by Gasteiger charge is 2.77. The van der Waals surface area contributed by atoms with Crippen LogP contribution in [0.25, 0.3) is 0 Å². The van der Waals surface area contributed by atoms with Gasteiger partial charge in [-0.15, -0.1) is 11.6 Å². The molecule has 0 bridgehead atoms. The number of hydrogen-bond acceptors (Lipinski definition) is 5. The van der Waals surface area contributed by atoms with E-state index in [4.69, 9.17) is 16.3 Å². The fourth-order valence-electron chi connectivity index (χ4n) is 8.25. The van der Waals surface area contributed by atoms with E-state index < -0.39 is 40.1 Å². The van der Waals surface area contributed by atoms with Gasteiger partial charge in [-0.2, -0.15) is 0 Å². The number of aliphatic hydroxyl groups excluding tert-OH is 1. The van der Waals surface area contributed by atoms with Gasteiger partial charge in [0, 0.05) is 29.1 Å². The van der Waals surface area contributed by atoms with Crippen LogP contribution in [0.2, 0.25) is 0 Å². The van der Waals surface area contributed by atoms with Crippen LogP contribution in [0.1, 0.15) is 79.1 Å². The summed E-state index contributed by atoms with van der Waals surface area (Å²) in [6, 6.07) is 0. The van der Waals surface area contributed by atoms with Gasteiger partial charge in [0.2, 0.25) is 0 Å². The molecule has 0 aliphatic heterocycles. The number of fused-ring (bicyclic) bond motifs is 5. The Balaban J connectivity index is 1.76. The predicted molar refractivity (Wildman–Crippen MR) is 132 cm³/mol. The molecule has 0 heterocycles. The maximum atomic E-state index is 17.3. The van der Waals surface area contributed by atoms with Crippen molar-refractivity contribution in [3.63, 3.8) is 0 Å². The van der Waals surface area contributed by atoms with E-state index in [1.165, 1.54) is 12.2 Å². The van der Waals surface area contributed by atoms with Gasteiger partial charge in [-0.1, -0.05) is 45.3 Å². The lowest BCUT2D eigenvalue weighted by molar-refractivity contribution is -0.227. The minimum Gasteiger partial charge on any atom is -0.450 e. The van der Waals surface area contributed by atoms with Crippen LogP contribution in [0.3, 0.4) is 0 Å². The van der Waals surface area contributed by atoms with Crippen LogP contribution in [0.5, 0.6) is 0 Å². The Hall–Kier alpha value is -1.53. The van der Waals surface area contributed by atoms with E-state index in [1.807, 2.05) is 20.8 Å². The molecule has 7 heteroatoms. The summed E-state index contributed by atoms with van der Waals surface area (Å²) >= 11 is 6.09. The van der Waals surface area contributed by atoms with Gasteiger partial charge < -0.3 is 9.84 Å². The highest BCUT2D eigenvalue weighted by molar-refractivity contribution is 6.29. The number of ether oxygens (including phenoxy) is 1. The number of carbonyl (C=O) groups is 3. The van der Waals surface area contributed by atoms with E-state index in [2.05, 4.69) is 0 Å². The molecule has 35 heavy (non-hydrogen) atoms. The maximum Gasteiger partial charge on any atom is 0.306 e. The van der Waals surface area contributed by atoms with Crippen LogP contribution in [0, 0.1) is 28.6 Å². The summed E-state index contributed by atoms with van der Waals surface area (Å²) in [6.45, 7) is 7.57. The van der Waals surface area contributed by atoms with Crippen LogP contribution in [-0.2, 0) is 19.1 Å². The second kappa shape index (κ2) is 9.09. The molecule has 5 nitrogen and oxygen atoms in total. The number of rotatable bonds is 7. The highest BCUT2D eigenvalue weighted by atomic mass is 35.5. The van der Waals surface area contributed by atoms with Crippen molar-refractivity contribution in [2.75, 3.05) is 5.88 Å². The quantitative estimate of drug-likeness (QED) is 0.288. The molecule has 3 saturated carbocycles. The Morgan fingerprint density at radius 2 is 1.97 bits per heavy atom. The molecule has 0 amide bonds. The number of ketones is 2. The second-order valence-corrected chi connectivity index (χ2v) is 11.9. The van der Waals surface area contributed by atoms with Crippen LogP contribution >= 0.6 is 11.6 Å². The number of carbonyl (C=O) groups excluding carboxylic acids is 3. The molecule has 0 spiro atoms. The van der Waals surface area contributed by atoms with Gasteiger partial charge in [0.1, 0.15) is 0 Å². The minimum absolute atomic E-state index is 0.0233. The average molecular weight is 509 g/mol. The minimum atomic E-state index is -2.00. The van der Waals surface area contributed by atoms with Crippen molar-refractivity contribution in [1.82, 2.24) is 0 Å². The van der Waals surface area contributed by atoms with Crippen molar-refractivity contribution in [2.24, 2.45) is 28.6 Å². The third-order valence-electron chi connectivity index (χ3n) is 9.98. The first-order chi connectivity index (χ1) is 16.4. The van der Waals surface area contributed by atoms with Gasteiger partial charge >= 0.3 is 5.97 Å². The summed E-state index contributed by atoms with van der Waals surface area (Å²) in [5.41, 5.74) is -4.84. The van der Waals surface area contributed by atoms with E-state index in [1.54, 1.807) is 13.0 Å². The Labute approximate surface area is 212 Å². The number of halogens is 2. The Morgan fingerprint density at radius 1 is 1.26 bits per heavy atom. The van der Waals surface area contributed by atoms with E-state index in [-0.39, 0.29) is 42.1 Å². The molecule has 4 aliphatic rings. The number of esters is 1. The third kappa shape index (κ3) is 3.53. The highest BCUT2D eigenvalue weighted by Crippen LogP contribution is 2.71. The smallest absolute Gasteiger partial charge is 0.306 e. The summed E-state index contributed by atoms with van der Waals surface area (Å²) in [7, 11) is 0. The molecule has 4 aliphatic carbocycles. The molecule has 0 aromatic rings. The molecule has 0 aromatic heterocycles. The lowest BCUT2D eigenvalue weighted by atomic mass is 9.44. The zero-order valence-electron chi connectivity index (χ0n) is 21.2. The second-order valence-electron chi connectivity index (χ2n) is 11.6. The van der Waals surface area contributed by atoms with Crippen LogP contribution < -0.4 is 0 Å². The lowest BCUT2D eigenvalue weighted by Gasteiger charge is -2.62. The van der Waals surface area contributed by atoms with Crippen LogP contribution in [0.15, 0.2) is 23.8 Å². The molecule has 1 N–H and O–H groups in total. The number of alkyl halides is 2. The van der Waals surface area contributed by atoms with Crippen molar-refractivity contribution in [3.05, 3.63) is 23.8 Å². The van der Waals surface area contributed by atoms with E-state index in [0.717, 1.165) is 12.8 Å². The standard InChI is InChI=1S/C28H38ClFO5/c1-5-6-7-8-24(34)35-28(23(33)16-29)17(2)13-21-20-10-9-18-14-19(31)11-12-25(18,3)27(20,30)22(32)15-26(21,28)4/h11-12,14,17,20-22,32H,5-10,13,15-16H2,1-4H3/t17-,20-,21-,22-,25-,26-,27-,28-/m0/s1. The summed E-state index contributed by atoms with van der Waals surface area (Å²) in [4.78, 5) is 38.5. The Kier molecular flexibility index (Phi) is 6.89. The molecular formula is C28H38ClFO5. The average Bonchev–Trinajstić information content (AvgIpc) is 3.02. The van der Waals surface area contributed by atoms with Gasteiger partial charge in [-0.3, -0.25) is 14.4 Å². The summed E-state index contributed by atoms with van der Waals surface area (Å²) in [5, 5.41) is 11.5. The number of Topliss-reactive ketones (excluding diaryl/α,β-unsaturated/α-hetero) is 1. The van der Waals surface area contributed by atoms with E-state index in [0.29, 0.717) is 31.3 Å². The lowest BCUT2D eigenvalue weighted by Crippen LogP contribution is -2.70. The number of aliphatic hydroxyl groups is 1. The largest absolute Gasteiger partial charge is 0.450 e. The van der Waals surface area contributed by atoms with Crippen LogP contribution in [0.4, 0.5) is 4.39 Å². The first-order valence-corrected chi connectivity index (χ1v) is 13.6. The van der Waals surface area contributed by atoms with Crippen molar-refractivity contribution < 1.29 is 28.6 Å². The molecule has 0 unspecified atom stereocenters.